The number of amides is 1. The lowest BCUT2D eigenvalue weighted by molar-refractivity contribution is 0.0694. The van der Waals surface area contributed by atoms with Gasteiger partial charge in [0.25, 0.3) is 16.1 Å². The zero-order chi connectivity index (χ0) is 21.0. The van der Waals surface area contributed by atoms with Crippen LogP contribution in [0.2, 0.25) is 0 Å². The SMILES string of the molecule is COc1cc(C(=O)N2CCN(S(=O)(=O)N(C)C)CC2)ccc1OCc1cscn1. The van der Waals surface area contributed by atoms with Crippen LogP contribution in [0.25, 0.3) is 0 Å². The molecule has 0 aliphatic carbocycles. The van der Waals surface area contributed by atoms with E-state index in [1.54, 1.807) is 28.6 Å². The van der Waals surface area contributed by atoms with Crippen LogP contribution in [-0.4, -0.2) is 80.2 Å². The topological polar surface area (TPSA) is 92.3 Å². The van der Waals surface area contributed by atoms with Crippen molar-refractivity contribution in [1.29, 1.82) is 0 Å². The molecular formula is C18H24N4O5S2. The molecule has 0 saturated carbocycles. The van der Waals surface area contributed by atoms with Crippen molar-refractivity contribution in [2.24, 2.45) is 0 Å². The molecule has 2 aromatic rings. The highest BCUT2D eigenvalue weighted by Gasteiger charge is 2.30. The van der Waals surface area contributed by atoms with Gasteiger partial charge in [0.1, 0.15) is 6.61 Å². The van der Waals surface area contributed by atoms with E-state index >= 15 is 0 Å². The maximum atomic E-state index is 12.9. The number of nitrogens with zero attached hydrogens (tertiary/aromatic N) is 4. The summed E-state index contributed by atoms with van der Waals surface area (Å²) in [4.78, 5) is 18.7. The van der Waals surface area contributed by atoms with E-state index in [4.69, 9.17) is 9.47 Å². The molecule has 29 heavy (non-hydrogen) atoms. The Hall–Kier alpha value is -2.21. The minimum Gasteiger partial charge on any atom is -0.493 e. The Balaban J connectivity index is 1.65. The summed E-state index contributed by atoms with van der Waals surface area (Å²) in [7, 11) is 1.05. The predicted molar refractivity (Wildman–Crippen MR) is 110 cm³/mol. The molecule has 9 nitrogen and oxygen atoms in total. The summed E-state index contributed by atoms with van der Waals surface area (Å²) in [6, 6.07) is 5.02. The smallest absolute Gasteiger partial charge is 0.281 e. The Morgan fingerprint density at radius 3 is 2.52 bits per heavy atom. The first-order valence-corrected chi connectivity index (χ1v) is 11.3. The molecule has 2 heterocycles. The Morgan fingerprint density at radius 2 is 1.93 bits per heavy atom. The molecule has 1 saturated heterocycles. The summed E-state index contributed by atoms with van der Waals surface area (Å²) in [5.41, 5.74) is 3.02. The van der Waals surface area contributed by atoms with Crippen LogP contribution in [0.3, 0.4) is 0 Å². The standard InChI is InChI=1S/C18H24N4O5S2/c1-20(2)29(24,25)22-8-6-21(7-9-22)18(23)14-4-5-16(17(10-14)26-3)27-11-15-12-28-13-19-15/h4-5,10,12-13H,6-9,11H2,1-3H3. The molecule has 1 aromatic carbocycles. The maximum Gasteiger partial charge on any atom is 0.281 e. The molecule has 1 aliphatic heterocycles. The minimum atomic E-state index is -3.47. The molecule has 0 spiro atoms. The van der Waals surface area contributed by atoms with E-state index in [-0.39, 0.29) is 19.0 Å². The van der Waals surface area contributed by atoms with Gasteiger partial charge in [0.15, 0.2) is 11.5 Å². The number of aromatic nitrogens is 1. The van der Waals surface area contributed by atoms with Gasteiger partial charge in [-0.1, -0.05) is 0 Å². The molecule has 1 aromatic heterocycles. The van der Waals surface area contributed by atoms with Gasteiger partial charge in [0, 0.05) is 51.2 Å². The Bertz CT molecular complexity index is 939. The molecule has 0 N–H and O–H groups in total. The number of rotatable bonds is 7. The number of ether oxygens (including phenoxy) is 2. The molecule has 1 amide bonds. The van der Waals surface area contributed by atoms with Gasteiger partial charge in [0.05, 0.1) is 18.3 Å². The van der Waals surface area contributed by atoms with Crippen molar-refractivity contribution in [2.45, 2.75) is 6.61 Å². The van der Waals surface area contributed by atoms with E-state index < -0.39 is 10.2 Å². The average molecular weight is 441 g/mol. The van der Waals surface area contributed by atoms with E-state index in [0.717, 1.165) is 5.69 Å². The Labute approximate surface area is 174 Å². The van der Waals surface area contributed by atoms with Gasteiger partial charge in [-0.25, -0.2) is 4.98 Å². The van der Waals surface area contributed by atoms with Gasteiger partial charge in [-0.05, 0) is 18.2 Å². The zero-order valence-corrected chi connectivity index (χ0v) is 18.2. The predicted octanol–water partition coefficient (Wildman–Crippen LogP) is 1.29. The monoisotopic (exact) mass is 440 g/mol. The largest absolute Gasteiger partial charge is 0.493 e. The highest BCUT2D eigenvalue weighted by atomic mass is 32.2. The van der Waals surface area contributed by atoms with E-state index in [1.807, 2.05) is 5.38 Å². The van der Waals surface area contributed by atoms with Gasteiger partial charge in [-0.3, -0.25) is 4.79 Å². The van der Waals surface area contributed by atoms with Crippen LogP contribution in [0.15, 0.2) is 29.1 Å². The van der Waals surface area contributed by atoms with Crippen molar-refractivity contribution in [3.8, 4) is 11.5 Å². The first kappa shape index (κ1) is 21.5. The fraction of sp³-hybridized carbons (Fsp3) is 0.444. The number of thiazole rings is 1. The van der Waals surface area contributed by atoms with Gasteiger partial charge in [0.2, 0.25) is 0 Å². The number of hydrogen-bond acceptors (Lipinski definition) is 7. The zero-order valence-electron chi connectivity index (χ0n) is 16.6. The van der Waals surface area contributed by atoms with Crippen LogP contribution in [0, 0.1) is 0 Å². The summed E-state index contributed by atoms with van der Waals surface area (Å²) >= 11 is 1.49. The lowest BCUT2D eigenvalue weighted by Crippen LogP contribution is -2.53. The van der Waals surface area contributed by atoms with Crippen molar-refractivity contribution in [2.75, 3.05) is 47.4 Å². The molecular weight excluding hydrogens is 416 g/mol. The first-order chi connectivity index (χ1) is 13.8. The van der Waals surface area contributed by atoms with Gasteiger partial charge in [-0.15, -0.1) is 11.3 Å². The second-order valence-corrected chi connectivity index (χ2v) is 9.48. The summed E-state index contributed by atoms with van der Waals surface area (Å²) in [5.74, 6) is 0.815. The highest BCUT2D eigenvalue weighted by Crippen LogP contribution is 2.29. The fourth-order valence-corrected chi connectivity index (χ4v) is 4.55. The lowest BCUT2D eigenvalue weighted by atomic mass is 10.1. The van der Waals surface area contributed by atoms with Gasteiger partial charge in [-0.2, -0.15) is 17.0 Å². The van der Waals surface area contributed by atoms with Gasteiger partial charge < -0.3 is 14.4 Å². The number of carbonyl (C=O) groups is 1. The quantitative estimate of drug-likeness (QED) is 0.644. The first-order valence-electron chi connectivity index (χ1n) is 8.97. The molecule has 0 unspecified atom stereocenters. The van der Waals surface area contributed by atoms with Crippen LogP contribution in [0.4, 0.5) is 0 Å². The van der Waals surface area contributed by atoms with Crippen molar-refractivity contribution < 1.29 is 22.7 Å². The van der Waals surface area contributed by atoms with Gasteiger partial charge >= 0.3 is 0 Å². The van der Waals surface area contributed by atoms with Crippen LogP contribution in [0.5, 0.6) is 11.5 Å². The Kier molecular flexibility index (Phi) is 6.73. The second-order valence-electron chi connectivity index (χ2n) is 6.62. The van der Waals surface area contributed by atoms with E-state index in [0.29, 0.717) is 36.8 Å². The summed E-state index contributed by atoms with van der Waals surface area (Å²) in [6.45, 7) is 1.50. The number of piperazine rings is 1. The summed E-state index contributed by atoms with van der Waals surface area (Å²) in [6.07, 6.45) is 0. The number of benzene rings is 1. The molecule has 0 bridgehead atoms. The second kappa shape index (κ2) is 9.08. The van der Waals surface area contributed by atoms with Crippen molar-refractivity contribution in [3.05, 3.63) is 40.3 Å². The molecule has 3 rings (SSSR count). The summed E-state index contributed by atoms with van der Waals surface area (Å²) in [5, 5.41) is 1.90. The lowest BCUT2D eigenvalue weighted by Gasteiger charge is -2.35. The highest BCUT2D eigenvalue weighted by molar-refractivity contribution is 7.86. The molecule has 11 heteroatoms. The molecule has 0 radical (unpaired) electrons. The summed E-state index contributed by atoms with van der Waals surface area (Å²) < 4.78 is 38.1. The minimum absolute atomic E-state index is 0.170. The maximum absolute atomic E-state index is 12.9. The van der Waals surface area contributed by atoms with Crippen molar-refractivity contribution in [3.63, 3.8) is 0 Å². The molecule has 1 aliphatic rings. The van der Waals surface area contributed by atoms with Crippen LogP contribution >= 0.6 is 11.3 Å². The van der Waals surface area contributed by atoms with Crippen LogP contribution in [0.1, 0.15) is 16.1 Å². The average Bonchev–Trinajstić information content (AvgIpc) is 3.25. The third kappa shape index (κ3) is 4.86. The van der Waals surface area contributed by atoms with Crippen LogP contribution < -0.4 is 9.47 Å². The van der Waals surface area contributed by atoms with Crippen LogP contribution in [-0.2, 0) is 16.8 Å². The Morgan fingerprint density at radius 1 is 1.21 bits per heavy atom. The van der Waals surface area contributed by atoms with E-state index in [2.05, 4.69) is 4.98 Å². The van der Waals surface area contributed by atoms with E-state index in [1.165, 1.54) is 41.2 Å². The normalized spacial score (nSPS) is 15.5. The molecule has 1 fully saturated rings. The number of hydrogen-bond donors (Lipinski definition) is 0. The molecule has 158 valence electrons. The van der Waals surface area contributed by atoms with Crippen molar-refractivity contribution in [1.82, 2.24) is 18.5 Å². The van der Waals surface area contributed by atoms with E-state index in [9.17, 15) is 13.2 Å². The van der Waals surface area contributed by atoms with Crippen molar-refractivity contribution >= 4 is 27.5 Å². The fourth-order valence-electron chi connectivity index (χ4n) is 2.92. The third-order valence-corrected chi connectivity index (χ3v) is 7.16. The molecule has 0 atom stereocenters. The number of methoxy groups -OCH3 is 1. The third-order valence-electron chi connectivity index (χ3n) is 4.58. The number of carbonyl (C=O) groups excluding carboxylic acids is 1.